The van der Waals surface area contributed by atoms with E-state index in [0.29, 0.717) is 5.76 Å². The zero-order valence-corrected chi connectivity index (χ0v) is 13.3. The Labute approximate surface area is 129 Å². The SMILES string of the molecule is CC(=O)O[C@@H]1c2c(C)coc2C(=O)[C@]23O[C@H]2CC[C@H](C)[C@@]13C. The van der Waals surface area contributed by atoms with Crippen molar-refractivity contribution in [3.05, 3.63) is 23.2 Å². The number of rotatable bonds is 1. The molecule has 0 radical (unpaired) electrons. The molecule has 2 aliphatic carbocycles. The van der Waals surface area contributed by atoms with E-state index in [1.807, 2.05) is 13.8 Å². The van der Waals surface area contributed by atoms with Gasteiger partial charge in [0.2, 0.25) is 5.78 Å². The minimum Gasteiger partial charge on any atom is -0.460 e. The second kappa shape index (κ2) is 4.02. The molecule has 0 aromatic carbocycles. The Balaban J connectivity index is 1.97. The van der Waals surface area contributed by atoms with Gasteiger partial charge in [-0.25, -0.2) is 0 Å². The molecule has 0 amide bonds. The monoisotopic (exact) mass is 304 g/mol. The Morgan fingerprint density at radius 3 is 2.82 bits per heavy atom. The fourth-order valence-electron chi connectivity index (χ4n) is 4.66. The number of aryl methyl sites for hydroxylation is 1. The molecule has 0 bridgehead atoms. The maximum Gasteiger partial charge on any atom is 0.303 e. The van der Waals surface area contributed by atoms with Crippen LogP contribution in [-0.4, -0.2) is 23.5 Å². The smallest absolute Gasteiger partial charge is 0.303 e. The lowest BCUT2D eigenvalue weighted by atomic mass is 9.53. The van der Waals surface area contributed by atoms with Crippen molar-refractivity contribution in [2.75, 3.05) is 0 Å². The standard InChI is InChI=1S/C17H20O5/c1-8-7-20-13-12(8)15(21-10(3)18)16(4)9(2)5-6-11-17(16,22-11)14(13)19/h7,9,11,15H,5-6H2,1-4H3/t9-,11-,15+,16-,17+/m0/s1. The van der Waals surface area contributed by atoms with E-state index in [0.717, 1.165) is 24.0 Å². The number of carbonyl (C=O) groups is 2. The Morgan fingerprint density at radius 1 is 1.41 bits per heavy atom. The average Bonchev–Trinajstić information content (AvgIpc) is 3.09. The minimum absolute atomic E-state index is 0.0851. The summed E-state index contributed by atoms with van der Waals surface area (Å²) in [7, 11) is 0. The van der Waals surface area contributed by atoms with Crippen LogP contribution in [0.3, 0.4) is 0 Å². The predicted octanol–water partition coefficient (Wildman–Crippen LogP) is 2.96. The topological polar surface area (TPSA) is 69.0 Å². The molecule has 22 heavy (non-hydrogen) atoms. The number of carbonyl (C=O) groups excluding carboxylic acids is 2. The highest BCUT2D eigenvalue weighted by atomic mass is 16.6. The van der Waals surface area contributed by atoms with Gasteiger partial charge in [-0.2, -0.15) is 0 Å². The van der Waals surface area contributed by atoms with Crippen LogP contribution in [0.1, 0.15) is 61.4 Å². The Kier molecular flexibility index (Phi) is 2.56. The zero-order valence-electron chi connectivity index (χ0n) is 13.3. The highest BCUT2D eigenvalue weighted by Gasteiger charge is 2.80. The molecule has 1 aromatic heterocycles. The summed E-state index contributed by atoms with van der Waals surface area (Å²) in [5, 5.41) is 0. The summed E-state index contributed by atoms with van der Waals surface area (Å²) in [6, 6.07) is 0. The van der Waals surface area contributed by atoms with Crippen LogP contribution < -0.4 is 0 Å². The van der Waals surface area contributed by atoms with E-state index in [1.54, 1.807) is 6.26 Å². The maximum absolute atomic E-state index is 13.1. The lowest BCUT2D eigenvalue weighted by Gasteiger charge is -2.49. The zero-order chi connectivity index (χ0) is 15.9. The lowest BCUT2D eigenvalue weighted by molar-refractivity contribution is -0.163. The van der Waals surface area contributed by atoms with E-state index in [-0.39, 0.29) is 23.8 Å². The van der Waals surface area contributed by atoms with Crippen molar-refractivity contribution in [3.8, 4) is 0 Å². The third kappa shape index (κ3) is 1.34. The maximum atomic E-state index is 13.1. The van der Waals surface area contributed by atoms with Gasteiger partial charge in [0.1, 0.15) is 6.10 Å². The second-order valence-electron chi connectivity index (χ2n) is 7.08. The van der Waals surface area contributed by atoms with Gasteiger partial charge >= 0.3 is 5.97 Å². The summed E-state index contributed by atoms with van der Waals surface area (Å²) in [5.74, 6) is 0.0788. The van der Waals surface area contributed by atoms with Crippen molar-refractivity contribution in [1.82, 2.24) is 0 Å². The van der Waals surface area contributed by atoms with Crippen LogP contribution >= 0.6 is 0 Å². The molecule has 5 atom stereocenters. The molecule has 5 heteroatoms. The van der Waals surface area contributed by atoms with Crippen molar-refractivity contribution in [2.24, 2.45) is 11.3 Å². The Bertz CT molecular complexity index is 689. The number of esters is 1. The molecule has 1 saturated carbocycles. The van der Waals surface area contributed by atoms with E-state index in [2.05, 4.69) is 6.92 Å². The fourth-order valence-corrected chi connectivity index (χ4v) is 4.66. The van der Waals surface area contributed by atoms with Gasteiger partial charge in [-0.3, -0.25) is 9.59 Å². The number of hydrogen-bond donors (Lipinski definition) is 0. The van der Waals surface area contributed by atoms with Crippen LogP contribution in [0.15, 0.2) is 10.7 Å². The summed E-state index contributed by atoms with van der Waals surface area (Å²) in [6.45, 7) is 7.42. The van der Waals surface area contributed by atoms with Crippen LogP contribution in [0.4, 0.5) is 0 Å². The van der Waals surface area contributed by atoms with Crippen LogP contribution in [0, 0.1) is 18.3 Å². The lowest BCUT2D eigenvalue weighted by Crippen LogP contribution is -2.57. The first-order valence-corrected chi connectivity index (χ1v) is 7.81. The third-order valence-electron chi connectivity index (χ3n) is 6.07. The van der Waals surface area contributed by atoms with Crippen molar-refractivity contribution in [3.63, 3.8) is 0 Å². The number of hydrogen-bond acceptors (Lipinski definition) is 5. The van der Waals surface area contributed by atoms with Crippen LogP contribution in [0.5, 0.6) is 0 Å². The first-order chi connectivity index (χ1) is 10.3. The van der Waals surface area contributed by atoms with Gasteiger partial charge in [0.15, 0.2) is 11.4 Å². The largest absolute Gasteiger partial charge is 0.460 e. The van der Waals surface area contributed by atoms with Gasteiger partial charge in [0.25, 0.3) is 0 Å². The number of furan rings is 1. The number of epoxide rings is 1. The van der Waals surface area contributed by atoms with E-state index in [9.17, 15) is 9.59 Å². The summed E-state index contributed by atoms with van der Waals surface area (Å²) in [6.07, 6.45) is 2.80. The number of fused-ring (bicyclic) bond motifs is 1. The third-order valence-corrected chi connectivity index (χ3v) is 6.07. The van der Waals surface area contributed by atoms with Crippen LogP contribution in [0.25, 0.3) is 0 Å². The highest BCUT2D eigenvalue weighted by molar-refractivity contribution is 6.06. The van der Waals surface area contributed by atoms with Crippen LogP contribution in [-0.2, 0) is 14.3 Å². The molecule has 2 fully saturated rings. The quantitative estimate of drug-likeness (QED) is 0.589. The molecule has 0 unspecified atom stereocenters. The van der Waals surface area contributed by atoms with Gasteiger partial charge in [0.05, 0.1) is 17.8 Å². The predicted molar refractivity (Wildman–Crippen MR) is 76.4 cm³/mol. The van der Waals surface area contributed by atoms with Gasteiger partial charge in [-0.05, 0) is 31.2 Å². The normalized spacial score (nSPS) is 42.2. The molecule has 1 aromatic rings. The van der Waals surface area contributed by atoms with Crippen molar-refractivity contribution >= 4 is 11.8 Å². The van der Waals surface area contributed by atoms with Crippen molar-refractivity contribution in [1.29, 1.82) is 0 Å². The van der Waals surface area contributed by atoms with E-state index >= 15 is 0 Å². The van der Waals surface area contributed by atoms with Gasteiger partial charge in [-0.15, -0.1) is 0 Å². The van der Waals surface area contributed by atoms with Gasteiger partial charge < -0.3 is 13.9 Å². The molecule has 2 heterocycles. The molecule has 1 aliphatic heterocycles. The van der Waals surface area contributed by atoms with Gasteiger partial charge in [0, 0.05) is 12.5 Å². The van der Waals surface area contributed by atoms with E-state index in [1.165, 1.54) is 6.92 Å². The first-order valence-electron chi connectivity index (χ1n) is 7.81. The van der Waals surface area contributed by atoms with E-state index < -0.39 is 17.1 Å². The van der Waals surface area contributed by atoms with Gasteiger partial charge in [-0.1, -0.05) is 13.8 Å². The summed E-state index contributed by atoms with van der Waals surface area (Å²) in [5.41, 5.74) is 0.125. The first kappa shape index (κ1) is 14.0. The molecule has 118 valence electrons. The Morgan fingerprint density at radius 2 is 2.14 bits per heavy atom. The molecular formula is C17H20O5. The average molecular weight is 304 g/mol. The van der Waals surface area contributed by atoms with E-state index in [4.69, 9.17) is 13.9 Å². The highest BCUT2D eigenvalue weighted by Crippen LogP contribution is 2.69. The second-order valence-corrected chi connectivity index (χ2v) is 7.08. The fraction of sp³-hybridized carbons (Fsp3) is 0.647. The molecular weight excluding hydrogens is 284 g/mol. The molecule has 4 rings (SSSR count). The summed E-state index contributed by atoms with van der Waals surface area (Å²) < 4.78 is 17.2. The summed E-state index contributed by atoms with van der Waals surface area (Å²) >= 11 is 0. The number of Topliss-reactive ketones (excluding diaryl/α,β-unsaturated/α-hetero) is 1. The molecule has 3 aliphatic rings. The molecule has 5 nitrogen and oxygen atoms in total. The van der Waals surface area contributed by atoms with Crippen molar-refractivity contribution < 1.29 is 23.5 Å². The summed E-state index contributed by atoms with van der Waals surface area (Å²) in [4.78, 5) is 24.7. The van der Waals surface area contributed by atoms with Crippen LogP contribution in [0.2, 0.25) is 0 Å². The Hall–Kier alpha value is -1.62. The minimum atomic E-state index is -0.887. The number of ketones is 1. The molecule has 1 saturated heterocycles. The molecule has 0 N–H and O–H groups in total. The van der Waals surface area contributed by atoms with Crippen molar-refractivity contribution in [2.45, 2.75) is 58.3 Å². The number of ether oxygens (including phenoxy) is 2. The molecule has 1 spiro atoms.